The van der Waals surface area contributed by atoms with E-state index in [2.05, 4.69) is 9.80 Å². The summed E-state index contributed by atoms with van der Waals surface area (Å²) in [5, 5.41) is 1.32. The minimum Gasteiger partial charge on any atom is -0.464 e. The smallest absolute Gasteiger partial charge is 0.310 e. The number of rotatable bonds is 8. The van der Waals surface area contributed by atoms with Gasteiger partial charge in [-0.1, -0.05) is 41.4 Å². The molecule has 3 aromatic carbocycles. The molecular formula is C27H27Cl3N2O3. The molecule has 1 fully saturated rings. The van der Waals surface area contributed by atoms with Gasteiger partial charge in [-0.25, -0.2) is 0 Å². The summed E-state index contributed by atoms with van der Waals surface area (Å²) in [6.45, 7) is 4.72. The molecule has 0 radical (unpaired) electrons. The van der Waals surface area contributed by atoms with E-state index in [1.54, 1.807) is 42.5 Å². The summed E-state index contributed by atoms with van der Waals surface area (Å²) in [4.78, 5) is 29.7. The van der Waals surface area contributed by atoms with E-state index in [1.807, 2.05) is 30.3 Å². The zero-order chi connectivity index (χ0) is 23.9. The topological polar surface area (TPSA) is 49.9 Å². The van der Waals surface area contributed by atoms with E-state index in [-0.39, 0.29) is 30.6 Å². The number of ketones is 1. The number of carbonyl (C=O) groups is 2. The largest absolute Gasteiger partial charge is 0.464 e. The molecule has 0 aromatic heterocycles. The number of nitrogens with zero attached hydrogens (tertiary/aromatic N) is 2. The van der Waals surface area contributed by atoms with E-state index in [0.29, 0.717) is 29.3 Å². The lowest BCUT2D eigenvalue weighted by Gasteiger charge is -2.36. The van der Waals surface area contributed by atoms with Gasteiger partial charge < -0.3 is 9.64 Å². The first-order valence-corrected chi connectivity index (χ1v) is 12.0. The minimum atomic E-state index is -0.295. The summed E-state index contributed by atoms with van der Waals surface area (Å²) in [7, 11) is 0. The van der Waals surface area contributed by atoms with E-state index in [1.165, 1.54) is 5.69 Å². The van der Waals surface area contributed by atoms with Crippen molar-refractivity contribution < 1.29 is 14.3 Å². The predicted octanol–water partition coefficient (Wildman–Crippen LogP) is 5.55. The fourth-order valence-electron chi connectivity index (χ4n) is 3.98. The second-order valence-electron chi connectivity index (χ2n) is 8.24. The third kappa shape index (κ3) is 7.71. The van der Waals surface area contributed by atoms with Gasteiger partial charge >= 0.3 is 5.97 Å². The van der Waals surface area contributed by atoms with E-state index in [4.69, 9.17) is 27.9 Å². The Balaban J connectivity index is 0.00000342. The fourth-order valence-corrected chi connectivity index (χ4v) is 4.23. The van der Waals surface area contributed by atoms with Gasteiger partial charge in [0.1, 0.15) is 6.61 Å². The highest BCUT2D eigenvalue weighted by Gasteiger charge is 2.18. The lowest BCUT2D eigenvalue weighted by molar-refractivity contribution is -0.143. The zero-order valence-electron chi connectivity index (χ0n) is 19.2. The van der Waals surface area contributed by atoms with Crippen molar-refractivity contribution >= 4 is 53.0 Å². The molecule has 4 rings (SSSR count). The molecule has 0 N–H and O–H groups in total. The second-order valence-corrected chi connectivity index (χ2v) is 9.11. The number of carbonyl (C=O) groups excluding carboxylic acids is 2. The van der Waals surface area contributed by atoms with Crippen LogP contribution in [-0.4, -0.2) is 56.0 Å². The molecular weight excluding hydrogens is 507 g/mol. The average Bonchev–Trinajstić information content (AvgIpc) is 2.85. The van der Waals surface area contributed by atoms with Crippen molar-refractivity contribution in [1.82, 2.24) is 4.90 Å². The first-order chi connectivity index (χ1) is 16.5. The van der Waals surface area contributed by atoms with Crippen LogP contribution >= 0.6 is 35.6 Å². The molecule has 1 saturated heterocycles. The molecule has 1 aliphatic heterocycles. The Kier molecular flexibility index (Phi) is 9.99. The molecule has 5 nitrogen and oxygen atoms in total. The van der Waals surface area contributed by atoms with Gasteiger partial charge in [-0.2, -0.15) is 0 Å². The Bertz CT molecular complexity index is 1130. The van der Waals surface area contributed by atoms with Crippen LogP contribution in [0.15, 0.2) is 72.8 Å². The summed E-state index contributed by atoms with van der Waals surface area (Å²) >= 11 is 11.9. The summed E-state index contributed by atoms with van der Waals surface area (Å²) in [5.74, 6) is -0.402. The number of hydrogen-bond acceptors (Lipinski definition) is 5. The molecule has 8 heteroatoms. The average molecular weight is 534 g/mol. The SMILES string of the molecule is Cl.O=C(Cc1cccc(C(=O)c2ccc(Cl)cc2)c1)OCCN1CCN(c2ccc(Cl)cc2)CC1. The number of benzene rings is 3. The molecule has 0 bridgehead atoms. The summed E-state index contributed by atoms with van der Waals surface area (Å²) < 4.78 is 5.46. The van der Waals surface area contributed by atoms with Crippen LogP contribution in [0.1, 0.15) is 21.5 Å². The number of esters is 1. The fraction of sp³-hybridized carbons (Fsp3) is 0.259. The predicted molar refractivity (Wildman–Crippen MR) is 143 cm³/mol. The normalized spacial score (nSPS) is 13.7. The monoisotopic (exact) mass is 532 g/mol. The van der Waals surface area contributed by atoms with Crippen molar-refractivity contribution in [2.24, 2.45) is 0 Å². The van der Waals surface area contributed by atoms with Crippen LogP contribution < -0.4 is 4.90 Å². The quantitative estimate of drug-likeness (QED) is 0.280. The number of anilines is 1. The molecule has 184 valence electrons. The van der Waals surface area contributed by atoms with Crippen molar-refractivity contribution in [3.05, 3.63) is 99.5 Å². The molecule has 1 heterocycles. The zero-order valence-corrected chi connectivity index (χ0v) is 21.5. The highest BCUT2D eigenvalue weighted by Crippen LogP contribution is 2.19. The molecule has 0 unspecified atom stereocenters. The molecule has 0 atom stereocenters. The number of piperazine rings is 1. The van der Waals surface area contributed by atoms with E-state index < -0.39 is 0 Å². The first kappa shape index (κ1) is 27.0. The lowest BCUT2D eigenvalue weighted by Crippen LogP contribution is -2.47. The molecule has 35 heavy (non-hydrogen) atoms. The van der Waals surface area contributed by atoms with Crippen LogP contribution in [0, 0.1) is 0 Å². The third-order valence-electron chi connectivity index (χ3n) is 5.88. The van der Waals surface area contributed by atoms with E-state index in [0.717, 1.165) is 36.8 Å². The third-order valence-corrected chi connectivity index (χ3v) is 6.38. The number of halogens is 3. The molecule has 0 aliphatic carbocycles. The van der Waals surface area contributed by atoms with Gasteiger partial charge in [0.25, 0.3) is 0 Å². The Morgan fingerprint density at radius 2 is 1.43 bits per heavy atom. The van der Waals surface area contributed by atoms with Crippen molar-refractivity contribution in [1.29, 1.82) is 0 Å². The standard InChI is InChI=1S/C27H26Cl2N2O3.ClH/c28-23-6-4-21(5-7-23)27(33)22-3-1-2-20(18-22)19-26(32)34-17-16-30-12-14-31(15-13-30)25-10-8-24(29)9-11-25;/h1-11,18H,12-17,19H2;1H. The van der Waals surface area contributed by atoms with E-state index in [9.17, 15) is 9.59 Å². The Labute approximate surface area is 222 Å². The van der Waals surface area contributed by atoms with Gasteiger partial charge in [-0.15, -0.1) is 12.4 Å². The van der Waals surface area contributed by atoms with Crippen LogP contribution in [0.4, 0.5) is 5.69 Å². The maximum atomic E-state index is 12.7. The van der Waals surface area contributed by atoms with Gasteiger partial charge in [-0.3, -0.25) is 14.5 Å². The Morgan fingerprint density at radius 3 is 2.09 bits per heavy atom. The molecule has 3 aromatic rings. The van der Waals surface area contributed by atoms with Crippen LogP contribution in [-0.2, 0) is 16.0 Å². The maximum absolute atomic E-state index is 12.7. The number of ether oxygens (including phenoxy) is 1. The summed E-state index contributed by atoms with van der Waals surface area (Å²) in [6.07, 6.45) is 0.131. The number of hydrogen-bond donors (Lipinski definition) is 0. The van der Waals surface area contributed by atoms with Crippen molar-refractivity contribution in [3.63, 3.8) is 0 Å². The van der Waals surface area contributed by atoms with Gasteiger partial charge in [0.15, 0.2) is 5.78 Å². The van der Waals surface area contributed by atoms with Crippen molar-refractivity contribution in [3.8, 4) is 0 Å². The Hall–Kier alpha value is -2.57. The van der Waals surface area contributed by atoms with Gasteiger partial charge in [0, 0.05) is 59.6 Å². The van der Waals surface area contributed by atoms with Gasteiger partial charge in [-0.05, 0) is 60.2 Å². The molecule has 0 spiro atoms. The van der Waals surface area contributed by atoms with Crippen molar-refractivity contribution in [2.75, 3.05) is 44.2 Å². The highest BCUT2D eigenvalue weighted by atomic mass is 35.5. The minimum absolute atomic E-state index is 0. The van der Waals surface area contributed by atoms with Crippen LogP contribution in [0.2, 0.25) is 10.0 Å². The molecule has 0 saturated carbocycles. The van der Waals surface area contributed by atoms with Gasteiger partial charge in [0.2, 0.25) is 0 Å². The first-order valence-electron chi connectivity index (χ1n) is 11.3. The maximum Gasteiger partial charge on any atom is 0.310 e. The second kappa shape index (κ2) is 12.9. The summed E-state index contributed by atoms with van der Waals surface area (Å²) in [6, 6.07) is 21.8. The van der Waals surface area contributed by atoms with Crippen LogP contribution in [0.3, 0.4) is 0 Å². The van der Waals surface area contributed by atoms with Crippen molar-refractivity contribution in [2.45, 2.75) is 6.42 Å². The molecule has 1 aliphatic rings. The highest BCUT2D eigenvalue weighted by molar-refractivity contribution is 6.31. The van der Waals surface area contributed by atoms with Gasteiger partial charge in [0.05, 0.1) is 6.42 Å². The van der Waals surface area contributed by atoms with Crippen LogP contribution in [0.25, 0.3) is 0 Å². The van der Waals surface area contributed by atoms with Crippen LogP contribution in [0.5, 0.6) is 0 Å². The Morgan fingerprint density at radius 1 is 0.800 bits per heavy atom. The lowest BCUT2D eigenvalue weighted by atomic mass is 10.0. The van der Waals surface area contributed by atoms with E-state index >= 15 is 0 Å². The molecule has 0 amide bonds. The summed E-state index contributed by atoms with van der Waals surface area (Å²) in [5.41, 5.74) is 3.01.